The van der Waals surface area contributed by atoms with Crippen LogP contribution in [0.1, 0.15) is 50.2 Å². The molecular formula is C20H28N2O. The second-order valence-electron chi connectivity index (χ2n) is 7.58. The van der Waals surface area contributed by atoms with Gasteiger partial charge in [-0.3, -0.25) is 4.79 Å². The molecule has 1 aromatic carbocycles. The standard InChI is InChI=1S/C20H28N2O/c1-2-13-22(16-8-11-21-12-9-16)19(23)18-14-20(18)10-7-15-5-3-4-6-17(15)20/h3-6,16,18,21H,2,7-14H2,1H3. The van der Waals surface area contributed by atoms with Crippen LogP contribution in [-0.2, 0) is 16.6 Å². The first-order valence-electron chi connectivity index (χ1n) is 9.36. The number of piperidine rings is 1. The summed E-state index contributed by atoms with van der Waals surface area (Å²) in [5.41, 5.74) is 3.14. The third-order valence-corrected chi connectivity index (χ3v) is 6.26. The summed E-state index contributed by atoms with van der Waals surface area (Å²) in [6, 6.07) is 9.25. The van der Waals surface area contributed by atoms with Crippen molar-refractivity contribution in [2.45, 2.75) is 56.9 Å². The maximum absolute atomic E-state index is 13.3. The Morgan fingerprint density at radius 1 is 1.30 bits per heavy atom. The highest BCUT2D eigenvalue weighted by Gasteiger charge is 2.62. The Balaban J connectivity index is 1.53. The fourth-order valence-corrected chi connectivity index (χ4v) is 4.95. The van der Waals surface area contributed by atoms with E-state index in [4.69, 9.17) is 0 Å². The Labute approximate surface area is 139 Å². The molecule has 2 unspecified atom stereocenters. The molecule has 2 aliphatic carbocycles. The summed E-state index contributed by atoms with van der Waals surface area (Å²) in [5.74, 6) is 0.683. The van der Waals surface area contributed by atoms with Crippen molar-refractivity contribution < 1.29 is 4.79 Å². The smallest absolute Gasteiger partial charge is 0.226 e. The third kappa shape index (κ3) is 2.50. The molecular weight excluding hydrogens is 284 g/mol. The Kier molecular flexibility index (Phi) is 3.92. The molecule has 1 saturated carbocycles. The van der Waals surface area contributed by atoms with Gasteiger partial charge < -0.3 is 10.2 Å². The van der Waals surface area contributed by atoms with E-state index in [0.717, 1.165) is 51.7 Å². The van der Waals surface area contributed by atoms with Gasteiger partial charge in [0.2, 0.25) is 5.91 Å². The van der Waals surface area contributed by atoms with E-state index in [1.807, 2.05) is 0 Å². The molecule has 0 bridgehead atoms. The van der Waals surface area contributed by atoms with Crippen LogP contribution in [0, 0.1) is 5.92 Å². The molecule has 3 aliphatic rings. The Hall–Kier alpha value is -1.35. The van der Waals surface area contributed by atoms with Crippen molar-refractivity contribution in [2.75, 3.05) is 19.6 Å². The number of carbonyl (C=O) groups is 1. The van der Waals surface area contributed by atoms with Crippen LogP contribution in [0.3, 0.4) is 0 Å². The van der Waals surface area contributed by atoms with Crippen molar-refractivity contribution in [3.8, 4) is 0 Å². The molecule has 1 N–H and O–H groups in total. The number of fused-ring (bicyclic) bond motifs is 2. The Bertz CT molecular complexity index is 593. The number of benzene rings is 1. The van der Waals surface area contributed by atoms with E-state index in [0.29, 0.717) is 11.9 Å². The monoisotopic (exact) mass is 312 g/mol. The zero-order valence-corrected chi connectivity index (χ0v) is 14.2. The first kappa shape index (κ1) is 15.2. The van der Waals surface area contributed by atoms with Gasteiger partial charge in [0.25, 0.3) is 0 Å². The Morgan fingerprint density at radius 3 is 2.87 bits per heavy atom. The zero-order valence-electron chi connectivity index (χ0n) is 14.2. The lowest BCUT2D eigenvalue weighted by atomic mass is 9.94. The predicted molar refractivity (Wildman–Crippen MR) is 92.4 cm³/mol. The van der Waals surface area contributed by atoms with Crippen molar-refractivity contribution in [3.05, 3.63) is 35.4 Å². The minimum absolute atomic E-state index is 0.187. The molecule has 4 rings (SSSR count). The van der Waals surface area contributed by atoms with E-state index < -0.39 is 0 Å². The van der Waals surface area contributed by atoms with Gasteiger partial charge in [-0.1, -0.05) is 31.2 Å². The second-order valence-corrected chi connectivity index (χ2v) is 7.58. The van der Waals surface area contributed by atoms with Crippen LogP contribution in [0.2, 0.25) is 0 Å². The summed E-state index contributed by atoms with van der Waals surface area (Å²) in [7, 11) is 0. The zero-order chi connectivity index (χ0) is 15.9. The van der Waals surface area contributed by atoms with Gasteiger partial charge in [0.1, 0.15) is 0 Å². The maximum Gasteiger partial charge on any atom is 0.226 e. The van der Waals surface area contributed by atoms with E-state index in [1.165, 1.54) is 17.5 Å². The molecule has 1 aliphatic heterocycles. The largest absolute Gasteiger partial charge is 0.339 e. The molecule has 0 aromatic heterocycles. The molecule has 1 heterocycles. The van der Waals surface area contributed by atoms with Gasteiger partial charge in [-0.05, 0) is 62.7 Å². The lowest BCUT2D eigenvalue weighted by molar-refractivity contribution is -0.136. The molecule has 23 heavy (non-hydrogen) atoms. The second kappa shape index (κ2) is 5.94. The van der Waals surface area contributed by atoms with Crippen molar-refractivity contribution in [1.82, 2.24) is 10.2 Å². The van der Waals surface area contributed by atoms with E-state index in [1.54, 1.807) is 0 Å². The predicted octanol–water partition coefficient (Wildman–Crippen LogP) is 2.88. The van der Waals surface area contributed by atoms with Gasteiger partial charge in [-0.25, -0.2) is 0 Å². The molecule has 1 saturated heterocycles. The summed E-state index contributed by atoms with van der Waals surface area (Å²) < 4.78 is 0. The quantitative estimate of drug-likeness (QED) is 0.927. The van der Waals surface area contributed by atoms with Crippen LogP contribution >= 0.6 is 0 Å². The third-order valence-electron chi connectivity index (χ3n) is 6.26. The average Bonchev–Trinajstić information content (AvgIpc) is 3.22. The van der Waals surface area contributed by atoms with Crippen molar-refractivity contribution in [2.24, 2.45) is 5.92 Å². The Morgan fingerprint density at radius 2 is 2.09 bits per heavy atom. The lowest BCUT2D eigenvalue weighted by Crippen LogP contribution is -2.47. The first-order valence-corrected chi connectivity index (χ1v) is 9.36. The molecule has 124 valence electrons. The number of nitrogens with zero attached hydrogens (tertiary/aromatic N) is 1. The lowest BCUT2D eigenvalue weighted by Gasteiger charge is -2.35. The first-order chi connectivity index (χ1) is 11.3. The summed E-state index contributed by atoms with van der Waals surface area (Å²) in [5, 5.41) is 3.42. The van der Waals surface area contributed by atoms with Gasteiger partial charge in [-0.15, -0.1) is 0 Å². The summed E-state index contributed by atoms with van der Waals surface area (Å²) in [4.78, 5) is 15.5. The van der Waals surface area contributed by atoms with Gasteiger partial charge in [0.15, 0.2) is 0 Å². The molecule has 2 fully saturated rings. The number of aryl methyl sites for hydroxylation is 1. The number of amides is 1. The van der Waals surface area contributed by atoms with Crippen LogP contribution in [0.5, 0.6) is 0 Å². The normalized spacial score (nSPS) is 29.5. The highest BCUT2D eigenvalue weighted by molar-refractivity contribution is 5.85. The minimum atomic E-state index is 0.187. The molecule has 1 amide bonds. The number of nitrogens with one attached hydrogen (secondary N) is 1. The number of rotatable bonds is 4. The topological polar surface area (TPSA) is 32.3 Å². The summed E-state index contributed by atoms with van der Waals surface area (Å²) in [6.07, 6.45) is 6.69. The highest BCUT2D eigenvalue weighted by atomic mass is 16.2. The van der Waals surface area contributed by atoms with Crippen molar-refractivity contribution in [1.29, 1.82) is 0 Å². The fourth-order valence-electron chi connectivity index (χ4n) is 4.95. The number of carbonyl (C=O) groups excluding carboxylic acids is 1. The SMILES string of the molecule is CCCN(C(=O)C1CC12CCc1ccccc12)C1CCNCC1. The van der Waals surface area contributed by atoms with Crippen LogP contribution in [0.4, 0.5) is 0 Å². The number of hydrogen-bond acceptors (Lipinski definition) is 2. The van der Waals surface area contributed by atoms with Crippen LogP contribution in [0.15, 0.2) is 24.3 Å². The fraction of sp³-hybridized carbons (Fsp3) is 0.650. The maximum atomic E-state index is 13.3. The van der Waals surface area contributed by atoms with E-state index in [2.05, 4.69) is 41.4 Å². The number of hydrogen-bond donors (Lipinski definition) is 1. The van der Waals surface area contributed by atoms with Crippen molar-refractivity contribution >= 4 is 5.91 Å². The molecule has 0 radical (unpaired) electrons. The minimum Gasteiger partial charge on any atom is -0.339 e. The van der Waals surface area contributed by atoms with Gasteiger partial charge >= 0.3 is 0 Å². The van der Waals surface area contributed by atoms with Crippen molar-refractivity contribution in [3.63, 3.8) is 0 Å². The van der Waals surface area contributed by atoms with Gasteiger partial charge in [0.05, 0.1) is 0 Å². The van der Waals surface area contributed by atoms with Gasteiger partial charge in [-0.2, -0.15) is 0 Å². The molecule has 2 atom stereocenters. The molecule has 3 heteroatoms. The molecule has 1 spiro atoms. The summed E-state index contributed by atoms with van der Waals surface area (Å²) in [6.45, 7) is 5.22. The van der Waals surface area contributed by atoms with Gasteiger partial charge in [0, 0.05) is 23.9 Å². The molecule has 3 nitrogen and oxygen atoms in total. The van der Waals surface area contributed by atoms with Crippen LogP contribution in [-0.4, -0.2) is 36.5 Å². The van der Waals surface area contributed by atoms with Crippen LogP contribution in [0.25, 0.3) is 0 Å². The highest BCUT2D eigenvalue weighted by Crippen LogP contribution is 2.62. The van der Waals surface area contributed by atoms with E-state index in [-0.39, 0.29) is 11.3 Å². The van der Waals surface area contributed by atoms with Crippen LogP contribution < -0.4 is 5.32 Å². The average molecular weight is 312 g/mol. The molecule has 1 aromatic rings. The van der Waals surface area contributed by atoms with E-state index in [9.17, 15) is 4.79 Å². The summed E-state index contributed by atoms with van der Waals surface area (Å²) >= 11 is 0. The van der Waals surface area contributed by atoms with E-state index >= 15 is 0 Å².